The predicted octanol–water partition coefficient (Wildman–Crippen LogP) is 4.53. The van der Waals surface area contributed by atoms with Crippen molar-refractivity contribution in [2.75, 3.05) is 0 Å². The molecule has 0 aliphatic carbocycles. The summed E-state index contributed by atoms with van der Waals surface area (Å²) in [6.07, 6.45) is 4.40. The molecule has 0 aromatic heterocycles. The summed E-state index contributed by atoms with van der Waals surface area (Å²) in [7, 11) is 0. The number of hydrogen-bond acceptors (Lipinski definition) is 2. The summed E-state index contributed by atoms with van der Waals surface area (Å²) in [5.74, 6) is -0.945. The summed E-state index contributed by atoms with van der Waals surface area (Å²) in [4.78, 5) is 13.2. The third kappa shape index (κ3) is 2.15. The van der Waals surface area contributed by atoms with Crippen LogP contribution in [0.4, 0.5) is 4.39 Å². The van der Waals surface area contributed by atoms with Crippen LogP contribution >= 0.6 is 0 Å². The van der Waals surface area contributed by atoms with Gasteiger partial charge in [-0.1, -0.05) is 67.6 Å². The van der Waals surface area contributed by atoms with Crippen LogP contribution in [0.15, 0.2) is 66.7 Å². The molecule has 0 radical (unpaired) electrons. The Hall–Kier alpha value is -2.26. The first kappa shape index (κ1) is 15.3. The number of benzene rings is 2. The number of hydrogen-bond donors (Lipinski definition) is 0. The summed E-state index contributed by atoms with van der Waals surface area (Å²) >= 11 is 0. The van der Waals surface area contributed by atoms with Crippen LogP contribution in [0.3, 0.4) is 0 Å². The molecule has 4 rings (SSSR count). The van der Waals surface area contributed by atoms with E-state index in [0.29, 0.717) is 17.5 Å². The maximum atomic E-state index is 14.5. The molecule has 1 fully saturated rings. The fraction of sp³-hybridized carbons (Fsp3) is 0.286. The molecule has 2 heterocycles. The largest absolute Gasteiger partial charge is 0.362 e. The first-order valence-corrected chi connectivity index (χ1v) is 8.37. The second-order valence-corrected chi connectivity index (χ2v) is 6.51. The quantitative estimate of drug-likeness (QED) is 0.611. The normalized spacial score (nSPS) is 30.7. The van der Waals surface area contributed by atoms with E-state index in [-0.39, 0.29) is 23.6 Å². The van der Waals surface area contributed by atoms with Gasteiger partial charge in [-0.05, 0) is 18.1 Å². The van der Waals surface area contributed by atoms with E-state index in [9.17, 15) is 9.18 Å². The molecule has 1 saturated heterocycles. The topological polar surface area (TPSA) is 26.3 Å². The fourth-order valence-corrected chi connectivity index (χ4v) is 4.15. The molecule has 2 aromatic rings. The van der Waals surface area contributed by atoms with Crippen molar-refractivity contribution >= 4 is 5.78 Å². The molecular formula is C21H19FO2. The van der Waals surface area contributed by atoms with Gasteiger partial charge in [-0.25, -0.2) is 4.39 Å². The van der Waals surface area contributed by atoms with E-state index in [1.807, 2.05) is 55.5 Å². The monoisotopic (exact) mass is 322 g/mol. The molecule has 122 valence electrons. The van der Waals surface area contributed by atoms with Gasteiger partial charge in [-0.15, -0.1) is 0 Å². The van der Waals surface area contributed by atoms with Gasteiger partial charge in [-0.3, -0.25) is 4.79 Å². The van der Waals surface area contributed by atoms with Gasteiger partial charge >= 0.3 is 0 Å². The molecule has 0 N–H and O–H groups in total. The van der Waals surface area contributed by atoms with Gasteiger partial charge in [0.15, 0.2) is 5.78 Å². The highest BCUT2D eigenvalue weighted by molar-refractivity contribution is 5.99. The Morgan fingerprint density at radius 3 is 2.54 bits per heavy atom. The van der Waals surface area contributed by atoms with Gasteiger partial charge in [0.05, 0.1) is 17.6 Å². The van der Waals surface area contributed by atoms with Gasteiger partial charge in [0.1, 0.15) is 5.82 Å². The molecule has 2 bridgehead atoms. The Kier molecular flexibility index (Phi) is 3.61. The van der Waals surface area contributed by atoms with Crippen molar-refractivity contribution in [3.8, 4) is 0 Å². The first-order chi connectivity index (χ1) is 11.7. The average molecular weight is 322 g/mol. The van der Waals surface area contributed by atoms with Gasteiger partial charge in [0.25, 0.3) is 0 Å². The molecule has 2 aromatic carbocycles. The molecule has 2 aliphatic rings. The van der Waals surface area contributed by atoms with Gasteiger partial charge < -0.3 is 4.74 Å². The molecule has 0 unspecified atom stereocenters. The third-order valence-electron chi connectivity index (χ3n) is 5.32. The zero-order chi connectivity index (χ0) is 16.7. The van der Waals surface area contributed by atoms with E-state index in [0.717, 1.165) is 0 Å². The highest BCUT2D eigenvalue weighted by Gasteiger charge is 2.58. The Balaban J connectivity index is 1.82. The Morgan fingerprint density at radius 2 is 1.83 bits per heavy atom. The van der Waals surface area contributed by atoms with Crippen molar-refractivity contribution in [1.82, 2.24) is 0 Å². The maximum absolute atomic E-state index is 14.5. The summed E-state index contributed by atoms with van der Waals surface area (Å²) in [5, 5.41) is 0. The lowest BCUT2D eigenvalue weighted by molar-refractivity contribution is 0.0197. The molecule has 3 heteroatoms. The number of halogens is 1. The standard InChI is InChI=1S/C21H19FO2/c1-2-21-13-12-17(24-21)18(20(23)14-8-4-3-5-9-14)19(21)15-10-6-7-11-16(15)22/h3-13,17-19H,2H2,1H3/t17-,18-,19+,21+/m1/s1. The van der Waals surface area contributed by atoms with E-state index < -0.39 is 11.5 Å². The van der Waals surface area contributed by atoms with Crippen molar-refractivity contribution < 1.29 is 13.9 Å². The van der Waals surface area contributed by atoms with E-state index in [2.05, 4.69) is 0 Å². The minimum Gasteiger partial charge on any atom is -0.362 e. The van der Waals surface area contributed by atoms with Crippen LogP contribution in [0.25, 0.3) is 0 Å². The van der Waals surface area contributed by atoms with Crippen LogP contribution in [0.5, 0.6) is 0 Å². The highest BCUT2D eigenvalue weighted by Crippen LogP contribution is 2.55. The Bertz CT molecular complexity index is 798. The zero-order valence-electron chi connectivity index (χ0n) is 13.5. The minimum absolute atomic E-state index is 0.0218. The molecule has 2 aliphatic heterocycles. The lowest BCUT2D eigenvalue weighted by atomic mass is 9.68. The minimum atomic E-state index is -0.595. The number of ether oxygens (including phenoxy) is 1. The molecule has 24 heavy (non-hydrogen) atoms. The van der Waals surface area contributed by atoms with Crippen molar-refractivity contribution in [2.45, 2.75) is 31.0 Å². The number of fused-ring (bicyclic) bond motifs is 2. The fourth-order valence-electron chi connectivity index (χ4n) is 4.15. The lowest BCUT2D eigenvalue weighted by Crippen LogP contribution is -2.36. The predicted molar refractivity (Wildman–Crippen MR) is 90.4 cm³/mol. The average Bonchev–Trinajstić information content (AvgIpc) is 3.19. The van der Waals surface area contributed by atoms with Gasteiger partial charge in [0.2, 0.25) is 0 Å². The number of rotatable bonds is 4. The van der Waals surface area contributed by atoms with Gasteiger partial charge in [0, 0.05) is 11.5 Å². The van der Waals surface area contributed by atoms with Crippen LogP contribution in [0.1, 0.15) is 35.2 Å². The van der Waals surface area contributed by atoms with Gasteiger partial charge in [-0.2, -0.15) is 0 Å². The SMILES string of the molecule is CC[C@@]12C=C[C@@H](O1)[C@@H](C(=O)c1ccccc1)[C@@H]2c1ccccc1F. The van der Waals surface area contributed by atoms with Crippen LogP contribution in [-0.4, -0.2) is 17.5 Å². The second-order valence-electron chi connectivity index (χ2n) is 6.51. The van der Waals surface area contributed by atoms with E-state index >= 15 is 0 Å². The van der Waals surface area contributed by atoms with Crippen LogP contribution in [0, 0.1) is 11.7 Å². The smallest absolute Gasteiger partial charge is 0.169 e. The summed E-state index contributed by atoms with van der Waals surface area (Å²) in [5.41, 5.74) is 0.627. The van der Waals surface area contributed by atoms with Crippen molar-refractivity contribution in [1.29, 1.82) is 0 Å². The number of Topliss-reactive ketones (excluding diaryl/α,β-unsaturated/α-hetero) is 1. The third-order valence-corrected chi connectivity index (χ3v) is 5.32. The van der Waals surface area contributed by atoms with E-state index in [4.69, 9.17) is 4.74 Å². The van der Waals surface area contributed by atoms with Crippen LogP contribution in [-0.2, 0) is 4.74 Å². The molecule has 0 amide bonds. The number of ketones is 1. The summed E-state index contributed by atoms with van der Waals surface area (Å²) in [6.45, 7) is 2.02. The van der Waals surface area contributed by atoms with Crippen molar-refractivity contribution in [2.24, 2.45) is 5.92 Å². The molecule has 0 spiro atoms. The molecule has 0 saturated carbocycles. The summed E-state index contributed by atoms with van der Waals surface area (Å²) in [6, 6.07) is 16.0. The highest BCUT2D eigenvalue weighted by atomic mass is 19.1. The second kappa shape index (κ2) is 5.67. The van der Waals surface area contributed by atoms with Crippen molar-refractivity contribution in [3.05, 3.63) is 83.7 Å². The summed E-state index contributed by atoms with van der Waals surface area (Å²) < 4.78 is 20.7. The van der Waals surface area contributed by atoms with E-state index in [1.165, 1.54) is 6.07 Å². The van der Waals surface area contributed by atoms with Crippen LogP contribution < -0.4 is 0 Å². The first-order valence-electron chi connectivity index (χ1n) is 8.37. The van der Waals surface area contributed by atoms with Crippen molar-refractivity contribution in [3.63, 3.8) is 0 Å². The number of carbonyl (C=O) groups is 1. The molecule has 4 atom stereocenters. The van der Waals surface area contributed by atoms with Crippen LogP contribution in [0.2, 0.25) is 0 Å². The molecular weight excluding hydrogens is 303 g/mol. The lowest BCUT2D eigenvalue weighted by Gasteiger charge is -2.33. The Morgan fingerprint density at radius 1 is 1.12 bits per heavy atom. The van der Waals surface area contributed by atoms with E-state index in [1.54, 1.807) is 12.1 Å². The Labute approximate surface area is 141 Å². The maximum Gasteiger partial charge on any atom is 0.169 e. The zero-order valence-corrected chi connectivity index (χ0v) is 13.5. The number of carbonyl (C=O) groups excluding carboxylic acids is 1. The molecule has 2 nitrogen and oxygen atoms in total.